The van der Waals surface area contributed by atoms with Gasteiger partial charge < -0.3 is 15.0 Å². The van der Waals surface area contributed by atoms with Crippen LogP contribution in [0, 0.1) is 13.8 Å². The Morgan fingerprint density at radius 2 is 1.89 bits per heavy atom. The van der Waals surface area contributed by atoms with Crippen LogP contribution in [0.1, 0.15) is 30.0 Å². The number of amides is 2. The van der Waals surface area contributed by atoms with E-state index >= 15 is 0 Å². The van der Waals surface area contributed by atoms with E-state index in [0.717, 1.165) is 22.6 Å². The minimum absolute atomic E-state index is 0.0459. The second-order valence-corrected chi connectivity index (χ2v) is 7.00. The van der Waals surface area contributed by atoms with Crippen LogP contribution >= 0.6 is 0 Å². The van der Waals surface area contributed by atoms with Gasteiger partial charge in [-0.25, -0.2) is 0 Å². The van der Waals surface area contributed by atoms with Crippen LogP contribution in [0.5, 0.6) is 5.75 Å². The minimum atomic E-state index is -0.158. The van der Waals surface area contributed by atoms with Crippen LogP contribution in [0.25, 0.3) is 0 Å². The lowest BCUT2D eigenvalue weighted by atomic mass is 10.1. The van der Waals surface area contributed by atoms with Crippen LogP contribution in [0.3, 0.4) is 0 Å². The third kappa shape index (κ3) is 4.67. The zero-order valence-electron chi connectivity index (χ0n) is 16.1. The number of hydrogen-bond donors (Lipinski definition) is 1. The summed E-state index contributed by atoms with van der Waals surface area (Å²) in [5.74, 6) is 0.774. The highest BCUT2D eigenvalue weighted by Crippen LogP contribution is 2.24. The molecule has 142 valence electrons. The zero-order chi connectivity index (χ0) is 19.4. The van der Waals surface area contributed by atoms with Crippen molar-refractivity contribution in [3.05, 3.63) is 59.2 Å². The van der Waals surface area contributed by atoms with Crippen molar-refractivity contribution in [1.29, 1.82) is 0 Å². The lowest BCUT2D eigenvalue weighted by Crippen LogP contribution is -2.38. The van der Waals surface area contributed by atoms with Crippen LogP contribution in [0.15, 0.2) is 42.5 Å². The van der Waals surface area contributed by atoms with Gasteiger partial charge in [0.05, 0.1) is 19.1 Å². The number of benzene rings is 2. The molecular weight excluding hydrogens is 340 g/mol. The Morgan fingerprint density at radius 1 is 1.15 bits per heavy atom. The summed E-state index contributed by atoms with van der Waals surface area (Å²) in [6, 6.07) is 13.4. The number of nitrogens with zero attached hydrogens (tertiary/aromatic N) is 1. The summed E-state index contributed by atoms with van der Waals surface area (Å²) in [4.78, 5) is 26.5. The summed E-state index contributed by atoms with van der Waals surface area (Å²) in [5, 5.41) is 2.99. The maximum absolute atomic E-state index is 12.4. The van der Waals surface area contributed by atoms with Crippen molar-refractivity contribution >= 4 is 17.5 Å². The van der Waals surface area contributed by atoms with E-state index in [2.05, 4.69) is 12.2 Å². The standard InChI is InChI=1S/C22H26N2O3/c1-4-27-20-9-6-17(7-10-20)12-21(25)23-18-13-22(26)24(14-18)19-8-5-15(2)16(3)11-19/h5-11,18H,4,12-14H2,1-3H3,(H,23,25)/t18-/m1/s1. The van der Waals surface area contributed by atoms with Crippen LogP contribution in [0.4, 0.5) is 5.69 Å². The molecule has 1 fully saturated rings. The Bertz CT molecular complexity index is 830. The van der Waals surface area contributed by atoms with Gasteiger partial charge in [-0.2, -0.15) is 0 Å². The molecular formula is C22H26N2O3. The monoisotopic (exact) mass is 366 g/mol. The van der Waals surface area contributed by atoms with E-state index < -0.39 is 0 Å². The molecule has 1 aliphatic heterocycles. The summed E-state index contributed by atoms with van der Waals surface area (Å²) < 4.78 is 5.41. The van der Waals surface area contributed by atoms with E-state index in [9.17, 15) is 9.59 Å². The molecule has 1 N–H and O–H groups in total. The van der Waals surface area contributed by atoms with E-state index in [1.165, 1.54) is 5.56 Å². The topological polar surface area (TPSA) is 58.6 Å². The highest BCUT2D eigenvalue weighted by atomic mass is 16.5. The van der Waals surface area contributed by atoms with Gasteiger partial charge in [-0.05, 0) is 61.7 Å². The number of anilines is 1. The zero-order valence-corrected chi connectivity index (χ0v) is 16.1. The average Bonchev–Trinajstić information content (AvgIpc) is 2.99. The van der Waals surface area contributed by atoms with Gasteiger partial charge in [0.15, 0.2) is 0 Å². The molecule has 2 aromatic rings. The number of carbonyl (C=O) groups excluding carboxylic acids is 2. The molecule has 5 heteroatoms. The highest BCUT2D eigenvalue weighted by molar-refractivity contribution is 5.97. The Kier molecular flexibility index (Phi) is 5.79. The lowest BCUT2D eigenvalue weighted by molar-refractivity contribution is -0.121. The number of rotatable bonds is 6. The normalized spacial score (nSPS) is 16.5. The third-order valence-electron chi connectivity index (χ3n) is 4.89. The fourth-order valence-electron chi connectivity index (χ4n) is 3.28. The first-order valence-corrected chi connectivity index (χ1v) is 9.35. The molecule has 0 bridgehead atoms. The van der Waals surface area contributed by atoms with Gasteiger partial charge in [-0.1, -0.05) is 18.2 Å². The van der Waals surface area contributed by atoms with E-state index in [1.54, 1.807) is 4.90 Å². The largest absolute Gasteiger partial charge is 0.494 e. The van der Waals surface area contributed by atoms with Gasteiger partial charge in [0.2, 0.25) is 11.8 Å². The Balaban J connectivity index is 1.57. The van der Waals surface area contributed by atoms with Crippen molar-refractivity contribution in [2.75, 3.05) is 18.1 Å². The molecule has 5 nitrogen and oxygen atoms in total. The molecule has 0 saturated carbocycles. The van der Waals surface area contributed by atoms with E-state index in [1.807, 2.05) is 56.3 Å². The van der Waals surface area contributed by atoms with Gasteiger partial charge in [0.25, 0.3) is 0 Å². The van der Waals surface area contributed by atoms with Crippen molar-refractivity contribution in [2.45, 2.75) is 39.7 Å². The molecule has 1 heterocycles. The summed E-state index contributed by atoms with van der Waals surface area (Å²) >= 11 is 0. The maximum Gasteiger partial charge on any atom is 0.229 e. The van der Waals surface area contributed by atoms with Crippen molar-refractivity contribution in [2.24, 2.45) is 0 Å². The second-order valence-electron chi connectivity index (χ2n) is 7.00. The third-order valence-corrected chi connectivity index (χ3v) is 4.89. The molecule has 1 saturated heterocycles. The number of ether oxygens (including phenoxy) is 1. The van der Waals surface area contributed by atoms with Gasteiger partial charge in [0, 0.05) is 18.7 Å². The Hall–Kier alpha value is -2.82. The fourth-order valence-corrected chi connectivity index (χ4v) is 3.28. The van der Waals surface area contributed by atoms with Crippen molar-refractivity contribution in [3.63, 3.8) is 0 Å². The summed E-state index contributed by atoms with van der Waals surface area (Å²) in [6.45, 7) is 7.15. The Labute approximate surface area is 160 Å². The molecule has 27 heavy (non-hydrogen) atoms. The van der Waals surface area contributed by atoms with Crippen LogP contribution in [0.2, 0.25) is 0 Å². The highest BCUT2D eigenvalue weighted by Gasteiger charge is 2.31. The van der Waals surface area contributed by atoms with Crippen molar-refractivity contribution in [3.8, 4) is 5.75 Å². The van der Waals surface area contributed by atoms with Crippen molar-refractivity contribution in [1.82, 2.24) is 5.32 Å². The number of hydrogen-bond acceptors (Lipinski definition) is 3. The van der Waals surface area contributed by atoms with Crippen LogP contribution in [-0.2, 0) is 16.0 Å². The smallest absolute Gasteiger partial charge is 0.229 e. The fraction of sp³-hybridized carbons (Fsp3) is 0.364. The minimum Gasteiger partial charge on any atom is -0.494 e. The predicted octanol–water partition coefficient (Wildman–Crippen LogP) is 3.17. The molecule has 2 aromatic carbocycles. The number of nitrogens with one attached hydrogen (secondary N) is 1. The average molecular weight is 366 g/mol. The van der Waals surface area contributed by atoms with Crippen LogP contribution in [-0.4, -0.2) is 31.0 Å². The van der Waals surface area contributed by atoms with E-state index in [-0.39, 0.29) is 17.9 Å². The summed E-state index contributed by atoms with van der Waals surface area (Å²) in [7, 11) is 0. The second kappa shape index (κ2) is 8.25. The summed E-state index contributed by atoms with van der Waals surface area (Å²) in [5.41, 5.74) is 4.17. The predicted molar refractivity (Wildman–Crippen MR) is 106 cm³/mol. The number of aryl methyl sites for hydroxylation is 2. The number of carbonyl (C=O) groups is 2. The molecule has 0 unspecified atom stereocenters. The molecule has 0 radical (unpaired) electrons. The van der Waals surface area contributed by atoms with E-state index in [0.29, 0.717) is 26.0 Å². The molecule has 2 amide bonds. The van der Waals surface area contributed by atoms with Gasteiger partial charge in [-0.15, -0.1) is 0 Å². The van der Waals surface area contributed by atoms with Crippen LogP contribution < -0.4 is 15.0 Å². The van der Waals surface area contributed by atoms with Gasteiger partial charge >= 0.3 is 0 Å². The Morgan fingerprint density at radius 3 is 2.56 bits per heavy atom. The molecule has 1 aliphatic rings. The van der Waals surface area contributed by atoms with Gasteiger partial charge in [-0.3, -0.25) is 9.59 Å². The molecule has 1 atom stereocenters. The maximum atomic E-state index is 12.4. The quantitative estimate of drug-likeness (QED) is 0.854. The molecule has 0 aromatic heterocycles. The lowest BCUT2D eigenvalue weighted by Gasteiger charge is -2.18. The first kappa shape index (κ1) is 19.0. The van der Waals surface area contributed by atoms with Gasteiger partial charge in [0.1, 0.15) is 5.75 Å². The SMILES string of the molecule is CCOc1ccc(CC(=O)N[C@@H]2CC(=O)N(c3ccc(C)c(C)c3)C2)cc1. The summed E-state index contributed by atoms with van der Waals surface area (Å²) in [6.07, 6.45) is 0.628. The first-order valence-electron chi connectivity index (χ1n) is 9.35. The molecule has 3 rings (SSSR count). The van der Waals surface area contributed by atoms with E-state index in [4.69, 9.17) is 4.74 Å². The first-order chi connectivity index (χ1) is 13.0. The molecule has 0 spiro atoms. The molecule has 0 aliphatic carbocycles. The van der Waals surface area contributed by atoms with Crippen molar-refractivity contribution < 1.29 is 14.3 Å².